The van der Waals surface area contributed by atoms with Crippen LogP contribution in [-0.4, -0.2) is 19.4 Å². The second-order valence-corrected chi connectivity index (χ2v) is 5.57. The Labute approximate surface area is 123 Å². The van der Waals surface area contributed by atoms with Crippen LogP contribution in [0.15, 0.2) is 53.4 Å². The number of benzene rings is 2. The highest BCUT2D eigenvalue weighted by molar-refractivity contribution is 7.99. The van der Waals surface area contributed by atoms with Gasteiger partial charge in [-0.3, -0.25) is 0 Å². The molecule has 0 radical (unpaired) electrons. The topological polar surface area (TPSA) is 21.3 Å². The maximum absolute atomic E-state index is 5.93. The van der Waals surface area contributed by atoms with E-state index in [1.54, 1.807) is 18.9 Å². The maximum Gasteiger partial charge on any atom is 0.119 e. The predicted molar refractivity (Wildman–Crippen MR) is 83.7 cm³/mol. The van der Waals surface area contributed by atoms with Gasteiger partial charge >= 0.3 is 0 Å². The van der Waals surface area contributed by atoms with Gasteiger partial charge in [-0.2, -0.15) is 0 Å². The first-order valence-corrected chi connectivity index (χ1v) is 7.40. The second-order valence-electron chi connectivity index (χ2n) is 3.96. The summed E-state index contributed by atoms with van der Waals surface area (Å²) >= 11 is 7.73. The van der Waals surface area contributed by atoms with E-state index in [1.165, 1.54) is 4.90 Å². The van der Waals surface area contributed by atoms with Crippen LogP contribution in [0.3, 0.4) is 0 Å². The van der Waals surface area contributed by atoms with Gasteiger partial charge in [0, 0.05) is 27.9 Å². The van der Waals surface area contributed by atoms with Crippen molar-refractivity contribution in [2.45, 2.75) is 4.90 Å². The summed E-state index contributed by atoms with van der Waals surface area (Å²) in [5.74, 6) is 1.88. The van der Waals surface area contributed by atoms with E-state index in [1.807, 2.05) is 42.5 Å². The standard InChI is InChI=1S/C15H16ClNOS/c1-18-14-6-3-7-15(11-14)19-9-8-17-13-5-2-4-12(16)10-13/h2-7,10-11,17H,8-9H2,1H3. The van der Waals surface area contributed by atoms with E-state index in [4.69, 9.17) is 16.3 Å². The molecule has 0 atom stereocenters. The molecule has 0 aromatic heterocycles. The molecule has 0 aliphatic carbocycles. The van der Waals surface area contributed by atoms with Gasteiger partial charge in [0.05, 0.1) is 7.11 Å². The Balaban J connectivity index is 1.77. The van der Waals surface area contributed by atoms with E-state index in [2.05, 4.69) is 11.4 Å². The Kier molecular flexibility index (Phi) is 5.43. The van der Waals surface area contributed by atoms with Gasteiger partial charge in [0.15, 0.2) is 0 Å². The Bertz CT molecular complexity index is 533. The van der Waals surface area contributed by atoms with Gasteiger partial charge in [-0.25, -0.2) is 0 Å². The lowest BCUT2D eigenvalue weighted by Gasteiger charge is -2.07. The summed E-state index contributed by atoms with van der Waals surface area (Å²) in [6, 6.07) is 15.9. The fraction of sp³-hybridized carbons (Fsp3) is 0.200. The monoisotopic (exact) mass is 293 g/mol. The van der Waals surface area contributed by atoms with E-state index in [0.29, 0.717) is 0 Å². The Morgan fingerprint density at radius 3 is 2.79 bits per heavy atom. The van der Waals surface area contributed by atoms with Crippen molar-refractivity contribution in [2.75, 3.05) is 24.7 Å². The van der Waals surface area contributed by atoms with Gasteiger partial charge < -0.3 is 10.1 Å². The molecule has 0 saturated heterocycles. The van der Waals surface area contributed by atoms with Crippen molar-refractivity contribution in [1.29, 1.82) is 0 Å². The number of thioether (sulfide) groups is 1. The van der Waals surface area contributed by atoms with E-state index in [9.17, 15) is 0 Å². The summed E-state index contributed by atoms with van der Waals surface area (Å²) in [6.07, 6.45) is 0. The highest BCUT2D eigenvalue weighted by Crippen LogP contribution is 2.22. The normalized spacial score (nSPS) is 10.2. The summed E-state index contributed by atoms with van der Waals surface area (Å²) < 4.78 is 5.20. The van der Waals surface area contributed by atoms with Gasteiger partial charge in [-0.1, -0.05) is 23.7 Å². The molecule has 1 N–H and O–H groups in total. The van der Waals surface area contributed by atoms with Crippen LogP contribution in [0.25, 0.3) is 0 Å². The Morgan fingerprint density at radius 1 is 1.16 bits per heavy atom. The Hall–Kier alpha value is -1.32. The molecule has 0 unspecified atom stereocenters. The van der Waals surface area contributed by atoms with Gasteiger partial charge in [0.25, 0.3) is 0 Å². The van der Waals surface area contributed by atoms with Crippen LogP contribution < -0.4 is 10.1 Å². The molecule has 2 nitrogen and oxygen atoms in total. The zero-order valence-corrected chi connectivity index (χ0v) is 12.3. The van der Waals surface area contributed by atoms with Gasteiger partial charge in [-0.15, -0.1) is 11.8 Å². The van der Waals surface area contributed by atoms with Crippen molar-refractivity contribution in [3.05, 3.63) is 53.6 Å². The molecule has 2 aromatic carbocycles. The minimum absolute atomic E-state index is 0.755. The molecule has 100 valence electrons. The molecule has 2 rings (SSSR count). The molecule has 0 aliphatic rings. The number of anilines is 1. The van der Waals surface area contributed by atoms with E-state index in [0.717, 1.165) is 28.8 Å². The minimum Gasteiger partial charge on any atom is -0.497 e. The van der Waals surface area contributed by atoms with Crippen LogP contribution in [0.2, 0.25) is 5.02 Å². The Morgan fingerprint density at radius 2 is 2.00 bits per heavy atom. The molecule has 4 heteroatoms. The molecule has 0 saturated carbocycles. The molecule has 0 spiro atoms. The third-order valence-electron chi connectivity index (χ3n) is 2.57. The summed E-state index contributed by atoms with van der Waals surface area (Å²) in [5.41, 5.74) is 1.05. The molecule has 0 amide bonds. The van der Waals surface area contributed by atoms with Crippen LogP contribution in [0, 0.1) is 0 Å². The highest BCUT2D eigenvalue weighted by atomic mass is 35.5. The van der Waals surface area contributed by atoms with Crippen molar-refractivity contribution in [1.82, 2.24) is 0 Å². The van der Waals surface area contributed by atoms with Crippen LogP contribution in [0.5, 0.6) is 5.75 Å². The second kappa shape index (κ2) is 7.31. The number of halogens is 1. The van der Waals surface area contributed by atoms with Crippen LogP contribution in [0.1, 0.15) is 0 Å². The number of nitrogens with one attached hydrogen (secondary N) is 1. The molecule has 2 aromatic rings. The number of methoxy groups -OCH3 is 1. The number of rotatable bonds is 6. The fourth-order valence-corrected chi connectivity index (χ4v) is 2.66. The van der Waals surface area contributed by atoms with Crippen LogP contribution in [0.4, 0.5) is 5.69 Å². The van der Waals surface area contributed by atoms with E-state index >= 15 is 0 Å². The van der Waals surface area contributed by atoms with Crippen molar-refractivity contribution in [3.63, 3.8) is 0 Å². The summed E-state index contributed by atoms with van der Waals surface area (Å²) in [7, 11) is 1.69. The van der Waals surface area contributed by atoms with Gasteiger partial charge in [0.1, 0.15) is 5.75 Å². The summed E-state index contributed by atoms with van der Waals surface area (Å²) in [5, 5.41) is 4.10. The van der Waals surface area contributed by atoms with Gasteiger partial charge in [-0.05, 0) is 36.4 Å². The summed E-state index contributed by atoms with van der Waals surface area (Å²) in [4.78, 5) is 1.22. The average molecular weight is 294 g/mol. The molecular weight excluding hydrogens is 278 g/mol. The molecule has 19 heavy (non-hydrogen) atoms. The van der Waals surface area contributed by atoms with Crippen LogP contribution >= 0.6 is 23.4 Å². The molecule has 0 fully saturated rings. The largest absolute Gasteiger partial charge is 0.497 e. The lowest BCUT2D eigenvalue weighted by atomic mass is 10.3. The van der Waals surface area contributed by atoms with Crippen molar-refractivity contribution >= 4 is 29.1 Å². The average Bonchev–Trinajstić information content (AvgIpc) is 2.44. The number of ether oxygens (including phenoxy) is 1. The third-order valence-corrected chi connectivity index (χ3v) is 3.80. The maximum atomic E-state index is 5.93. The van der Waals surface area contributed by atoms with Gasteiger partial charge in [0.2, 0.25) is 0 Å². The SMILES string of the molecule is COc1cccc(SCCNc2cccc(Cl)c2)c1. The predicted octanol–water partition coefficient (Wildman–Crippen LogP) is 4.55. The smallest absolute Gasteiger partial charge is 0.119 e. The lowest BCUT2D eigenvalue weighted by molar-refractivity contribution is 0.413. The molecule has 0 aliphatic heterocycles. The van der Waals surface area contributed by atoms with Crippen LogP contribution in [-0.2, 0) is 0 Å². The quantitative estimate of drug-likeness (QED) is 0.623. The minimum atomic E-state index is 0.755. The van der Waals surface area contributed by atoms with E-state index in [-0.39, 0.29) is 0 Å². The fourth-order valence-electron chi connectivity index (χ4n) is 1.65. The number of hydrogen-bond acceptors (Lipinski definition) is 3. The molecular formula is C15H16ClNOS. The first-order valence-electron chi connectivity index (χ1n) is 6.04. The zero-order chi connectivity index (χ0) is 13.5. The summed E-state index contributed by atoms with van der Waals surface area (Å²) in [6.45, 7) is 0.891. The van der Waals surface area contributed by atoms with E-state index < -0.39 is 0 Å². The zero-order valence-electron chi connectivity index (χ0n) is 10.7. The lowest BCUT2D eigenvalue weighted by Crippen LogP contribution is -2.03. The first kappa shape index (κ1) is 14.1. The molecule has 0 heterocycles. The first-order chi connectivity index (χ1) is 9.28. The van der Waals surface area contributed by atoms with Crippen molar-refractivity contribution in [3.8, 4) is 5.75 Å². The number of hydrogen-bond donors (Lipinski definition) is 1. The van der Waals surface area contributed by atoms with Crippen molar-refractivity contribution < 1.29 is 4.74 Å². The molecule has 0 bridgehead atoms. The third kappa shape index (κ3) is 4.69. The highest BCUT2D eigenvalue weighted by Gasteiger charge is 1.97. The van der Waals surface area contributed by atoms with Crippen molar-refractivity contribution in [2.24, 2.45) is 0 Å².